The summed E-state index contributed by atoms with van der Waals surface area (Å²) in [4.78, 5) is 22.7. The molecule has 144 valence electrons. The topological polar surface area (TPSA) is 101 Å². The zero-order valence-electron chi connectivity index (χ0n) is 14.9. The third-order valence-corrected chi connectivity index (χ3v) is 5.56. The summed E-state index contributed by atoms with van der Waals surface area (Å²) in [6, 6.07) is 15.2. The molecule has 0 bridgehead atoms. The Morgan fingerprint density at radius 3 is 2.15 bits per heavy atom. The monoisotopic (exact) mass is 389 g/mol. The molecule has 2 rings (SSSR count). The van der Waals surface area contributed by atoms with Gasteiger partial charge in [0.2, 0.25) is 10.0 Å². The number of carbonyl (C=O) groups excluding carboxylic acids is 1. The number of rotatable bonds is 11. The number of hydrogen-bond acceptors (Lipinski definition) is 4. The molecule has 6 nitrogen and oxygen atoms in total. The van der Waals surface area contributed by atoms with Gasteiger partial charge in [0, 0.05) is 24.9 Å². The van der Waals surface area contributed by atoms with Crippen LogP contribution in [0.5, 0.6) is 0 Å². The Hall–Kier alpha value is -2.51. The molecular formula is C20H23NO5S. The van der Waals surface area contributed by atoms with E-state index in [1.54, 1.807) is 54.6 Å². The summed E-state index contributed by atoms with van der Waals surface area (Å²) < 4.78 is 26.8. The van der Waals surface area contributed by atoms with E-state index in [1.165, 1.54) is 0 Å². The Morgan fingerprint density at radius 1 is 0.889 bits per heavy atom. The van der Waals surface area contributed by atoms with Gasteiger partial charge < -0.3 is 5.11 Å². The molecule has 0 atom stereocenters. The third kappa shape index (κ3) is 6.96. The van der Waals surface area contributed by atoms with Crippen LogP contribution in [0.2, 0.25) is 0 Å². The molecule has 2 aromatic rings. The number of aliphatic carboxylic acids is 1. The standard InChI is InChI=1S/C20H23NO5S/c22-19(8-4-5-9-20(23)24)17-12-10-16(11-13-17)14-15-21-27(25,26)18-6-2-1-3-7-18/h1-3,6-7,10-13,21H,4-5,8-9,14-15H2,(H,23,24). The number of nitrogens with one attached hydrogen (secondary N) is 1. The van der Waals surface area contributed by atoms with Gasteiger partial charge in [-0.1, -0.05) is 42.5 Å². The number of benzene rings is 2. The molecule has 0 saturated carbocycles. The summed E-state index contributed by atoms with van der Waals surface area (Å²) in [6.07, 6.45) is 1.95. The predicted octanol–water partition coefficient (Wildman–Crippen LogP) is 3.04. The van der Waals surface area contributed by atoms with Crippen LogP contribution in [0.25, 0.3) is 0 Å². The normalized spacial score (nSPS) is 11.3. The summed E-state index contributed by atoms with van der Waals surface area (Å²) in [5, 5.41) is 8.58. The van der Waals surface area contributed by atoms with Crippen LogP contribution in [0.15, 0.2) is 59.5 Å². The third-order valence-electron chi connectivity index (χ3n) is 4.08. The highest BCUT2D eigenvalue weighted by Crippen LogP contribution is 2.11. The summed E-state index contributed by atoms with van der Waals surface area (Å²) in [6.45, 7) is 0.264. The number of carboxylic acid groups (broad SMARTS) is 1. The van der Waals surface area contributed by atoms with E-state index in [2.05, 4.69) is 4.72 Å². The fourth-order valence-corrected chi connectivity index (χ4v) is 3.63. The number of carbonyl (C=O) groups is 2. The van der Waals surface area contributed by atoms with Crippen molar-refractivity contribution in [3.05, 3.63) is 65.7 Å². The van der Waals surface area contributed by atoms with Gasteiger partial charge >= 0.3 is 5.97 Å². The first kappa shape index (κ1) is 20.8. The zero-order chi connectivity index (χ0) is 19.7. The highest BCUT2D eigenvalue weighted by Gasteiger charge is 2.12. The van der Waals surface area contributed by atoms with Gasteiger partial charge in [-0.3, -0.25) is 9.59 Å². The molecule has 0 saturated heterocycles. The molecule has 0 aliphatic heterocycles. The van der Waals surface area contributed by atoms with E-state index in [1.807, 2.05) is 0 Å². The summed E-state index contributed by atoms with van der Waals surface area (Å²) in [5.41, 5.74) is 1.51. The van der Waals surface area contributed by atoms with Crippen LogP contribution in [0.3, 0.4) is 0 Å². The first-order valence-electron chi connectivity index (χ1n) is 8.77. The Kier molecular flexibility index (Phi) is 7.69. The molecule has 0 aliphatic carbocycles. The predicted molar refractivity (Wildman–Crippen MR) is 102 cm³/mol. The van der Waals surface area contributed by atoms with E-state index >= 15 is 0 Å². The lowest BCUT2D eigenvalue weighted by Crippen LogP contribution is -2.25. The first-order chi connectivity index (χ1) is 12.9. The smallest absolute Gasteiger partial charge is 0.303 e. The molecule has 0 unspecified atom stereocenters. The van der Waals surface area contributed by atoms with Crippen LogP contribution in [0.1, 0.15) is 41.6 Å². The van der Waals surface area contributed by atoms with E-state index in [-0.39, 0.29) is 23.6 Å². The molecule has 0 aromatic heterocycles. The zero-order valence-corrected chi connectivity index (χ0v) is 15.7. The minimum absolute atomic E-state index is 0.0169. The molecule has 0 heterocycles. The van der Waals surface area contributed by atoms with Crippen molar-refractivity contribution in [1.29, 1.82) is 0 Å². The van der Waals surface area contributed by atoms with Gasteiger partial charge in [0.1, 0.15) is 0 Å². The van der Waals surface area contributed by atoms with Crippen molar-refractivity contribution >= 4 is 21.8 Å². The largest absolute Gasteiger partial charge is 0.481 e. The van der Waals surface area contributed by atoms with Gasteiger partial charge in [-0.05, 0) is 37.0 Å². The minimum Gasteiger partial charge on any atom is -0.481 e. The van der Waals surface area contributed by atoms with Crippen molar-refractivity contribution in [3.8, 4) is 0 Å². The van der Waals surface area contributed by atoms with E-state index < -0.39 is 16.0 Å². The average Bonchev–Trinajstić information content (AvgIpc) is 2.66. The van der Waals surface area contributed by atoms with E-state index in [0.29, 0.717) is 31.2 Å². The Morgan fingerprint density at radius 2 is 1.52 bits per heavy atom. The maximum absolute atomic E-state index is 12.1. The highest BCUT2D eigenvalue weighted by molar-refractivity contribution is 7.89. The van der Waals surface area contributed by atoms with Crippen molar-refractivity contribution in [2.24, 2.45) is 0 Å². The first-order valence-corrected chi connectivity index (χ1v) is 10.3. The molecule has 0 amide bonds. The van der Waals surface area contributed by atoms with Crippen LogP contribution in [0.4, 0.5) is 0 Å². The molecule has 2 aromatic carbocycles. The van der Waals surface area contributed by atoms with Crippen molar-refractivity contribution in [2.75, 3.05) is 6.54 Å². The Labute approximate surface area is 159 Å². The molecule has 27 heavy (non-hydrogen) atoms. The van der Waals surface area contributed by atoms with E-state index in [9.17, 15) is 18.0 Å². The maximum atomic E-state index is 12.1. The van der Waals surface area contributed by atoms with Gasteiger partial charge in [0.15, 0.2) is 5.78 Å². The van der Waals surface area contributed by atoms with Gasteiger partial charge in [-0.15, -0.1) is 0 Å². The van der Waals surface area contributed by atoms with Gasteiger partial charge in [0.25, 0.3) is 0 Å². The number of hydrogen-bond donors (Lipinski definition) is 2. The van der Waals surface area contributed by atoms with Crippen molar-refractivity contribution in [3.63, 3.8) is 0 Å². The van der Waals surface area contributed by atoms with Gasteiger partial charge in [-0.2, -0.15) is 0 Å². The fraction of sp³-hybridized carbons (Fsp3) is 0.300. The maximum Gasteiger partial charge on any atom is 0.303 e. The van der Waals surface area contributed by atoms with Gasteiger partial charge in [-0.25, -0.2) is 13.1 Å². The number of sulfonamides is 1. The number of ketones is 1. The van der Waals surface area contributed by atoms with E-state index in [0.717, 1.165) is 5.56 Å². The van der Waals surface area contributed by atoms with Crippen molar-refractivity contribution in [2.45, 2.75) is 37.0 Å². The fourth-order valence-electron chi connectivity index (χ4n) is 2.58. The number of unbranched alkanes of at least 4 members (excludes halogenated alkanes) is 1. The molecule has 0 spiro atoms. The second kappa shape index (κ2) is 9.99. The second-order valence-corrected chi connectivity index (χ2v) is 7.95. The number of carboxylic acids is 1. The molecule has 0 radical (unpaired) electrons. The highest BCUT2D eigenvalue weighted by atomic mass is 32.2. The molecule has 2 N–H and O–H groups in total. The van der Waals surface area contributed by atoms with Crippen molar-refractivity contribution in [1.82, 2.24) is 4.72 Å². The lowest BCUT2D eigenvalue weighted by atomic mass is 10.0. The quantitative estimate of drug-likeness (QED) is 0.454. The summed E-state index contributed by atoms with van der Waals surface area (Å²) in [5.74, 6) is -0.869. The second-order valence-electron chi connectivity index (χ2n) is 6.18. The Balaban J connectivity index is 1.80. The SMILES string of the molecule is O=C(O)CCCCC(=O)c1ccc(CCNS(=O)(=O)c2ccccc2)cc1. The van der Waals surface area contributed by atoms with E-state index in [4.69, 9.17) is 5.11 Å². The average molecular weight is 389 g/mol. The minimum atomic E-state index is -3.52. The van der Waals surface area contributed by atoms with Crippen LogP contribution in [0, 0.1) is 0 Å². The summed E-state index contributed by atoms with van der Waals surface area (Å²) in [7, 11) is -3.52. The van der Waals surface area contributed by atoms with Crippen molar-refractivity contribution < 1.29 is 23.1 Å². The van der Waals surface area contributed by atoms with Crippen LogP contribution < -0.4 is 4.72 Å². The molecule has 0 aliphatic rings. The molecule has 7 heteroatoms. The van der Waals surface area contributed by atoms with Crippen LogP contribution in [-0.2, 0) is 21.2 Å². The Bertz CT molecular complexity index is 861. The lowest BCUT2D eigenvalue weighted by molar-refractivity contribution is -0.137. The van der Waals surface area contributed by atoms with Crippen LogP contribution >= 0.6 is 0 Å². The molecular weight excluding hydrogens is 366 g/mol. The molecule has 0 fully saturated rings. The lowest BCUT2D eigenvalue weighted by Gasteiger charge is -2.07. The van der Waals surface area contributed by atoms with Crippen LogP contribution in [-0.4, -0.2) is 31.8 Å². The van der Waals surface area contributed by atoms with Gasteiger partial charge in [0.05, 0.1) is 4.90 Å². The summed E-state index contributed by atoms with van der Waals surface area (Å²) >= 11 is 0. The number of Topliss-reactive ketones (excluding diaryl/α,β-unsaturated/α-hetero) is 1.